The minimum absolute atomic E-state index is 0.393. The van der Waals surface area contributed by atoms with Gasteiger partial charge in [0.1, 0.15) is 17.5 Å². The Morgan fingerprint density at radius 1 is 1.20 bits per heavy atom. The molecule has 1 heterocycles. The average molecular weight is 343 g/mol. The zero-order valence-corrected chi connectivity index (χ0v) is 15.2. The first-order chi connectivity index (χ1) is 12.0. The molecule has 0 aliphatic heterocycles. The molecule has 7 nitrogen and oxygen atoms in total. The Kier molecular flexibility index (Phi) is 6.71. The van der Waals surface area contributed by atoms with Gasteiger partial charge in [0, 0.05) is 12.6 Å². The van der Waals surface area contributed by atoms with Crippen LogP contribution in [-0.4, -0.2) is 55.1 Å². The highest BCUT2D eigenvalue weighted by Gasteiger charge is 2.12. The van der Waals surface area contributed by atoms with Crippen molar-refractivity contribution >= 4 is 23.3 Å². The van der Waals surface area contributed by atoms with Crippen LogP contribution in [0.2, 0.25) is 0 Å². The predicted molar refractivity (Wildman–Crippen MR) is 99.5 cm³/mol. The zero-order valence-electron chi connectivity index (χ0n) is 15.2. The number of carbonyl (C=O) groups is 1. The molecule has 0 aliphatic carbocycles. The lowest BCUT2D eigenvalue weighted by molar-refractivity contribution is 0.0602. The molecule has 0 spiro atoms. The van der Waals surface area contributed by atoms with Crippen molar-refractivity contribution in [3.05, 3.63) is 41.7 Å². The van der Waals surface area contributed by atoms with E-state index in [1.54, 1.807) is 12.1 Å². The van der Waals surface area contributed by atoms with Crippen molar-refractivity contribution in [2.24, 2.45) is 0 Å². The maximum absolute atomic E-state index is 11.9. The smallest absolute Gasteiger partial charge is 0.339 e. The molecule has 0 aliphatic rings. The van der Waals surface area contributed by atoms with Gasteiger partial charge in [-0.3, -0.25) is 0 Å². The largest absolute Gasteiger partial charge is 0.465 e. The van der Waals surface area contributed by atoms with Crippen LogP contribution in [-0.2, 0) is 4.74 Å². The number of aromatic nitrogens is 2. The summed E-state index contributed by atoms with van der Waals surface area (Å²) < 4.78 is 4.82. The number of aryl methyl sites for hydroxylation is 1. The maximum Gasteiger partial charge on any atom is 0.339 e. The number of para-hydroxylation sites is 1. The number of hydrogen-bond acceptors (Lipinski definition) is 7. The van der Waals surface area contributed by atoms with E-state index < -0.39 is 5.97 Å². The fraction of sp³-hybridized carbons (Fsp3) is 0.389. The summed E-state index contributed by atoms with van der Waals surface area (Å²) in [5.74, 6) is 1.63. The fourth-order valence-electron chi connectivity index (χ4n) is 2.35. The van der Waals surface area contributed by atoms with E-state index in [2.05, 4.69) is 39.6 Å². The van der Waals surface area contributed by atoms with Gasteiger partial charge in [0.15, 0.2) is 0 Å². The van der Waals surface area contributed by atoms with E-state index in [1.165, 1.54) is 7.11 Å². The van der Waals surface area contributed by atoms with Gasteiger partial charge in [-0.1, -0.05) is 12.1 Å². The Hall–Kier alpha value is -2.67. The topological polar surface area (TPSA) is 79.4 Å². The molecule has 0 fully saturated rings. The van der Waals surface area contributed by atoms with Crippen molar-refractivity contribution in [2.75, 3.05) is 44.9 Å². The molecule has 0 bridgehead atoms. The molecule has 0 amide bonds. The van der Waals surface area contributed by atoms with Gasteiger partial charge < -0.3 is 20.3 Å². The van der Waals surface area contributed by atoms with Crippen LogP contribution in [0.25, 0.3) is 0 Å². The van der Waals surface area contributed by atoms with E-state index in [0.29, 0.717) is 22.9 Å². The number of benzene rings is 1. The summed E-state index contributed by atoms with van der Waals surface area (Å²) in [6.07, 6.45) is 1.02. The van der Waals surface area contributed by atoms with E-state index in [9.17, 15) is 4.79 Å². The van der Waals surface area contributed by atoms with E-state index in [-0.39, 0.29) is 0 Å². The number of carbonyl (C=O) groups excluding carboxylic acids is 1. The van der Waals surface area contributed by atoms with E-state index in [1.807, 2.05) is 25.1 Å². The van der Waals surface area contributed by atoms with Crippen LogP contribution in [0.15, 0.2) is 30.3 Å². The summed E-state index contributed by atoms with van der Waals surface area (Å²) in [5, 5.41) is 6.48. The molecule has 2 N–H and O–H groups in total. The quantitative estimate of drug-likeness (QED) is 0.563. The Morgan fingerprint density at radius 3 is 2.64 bits per heavy atom. The number of nitrogens with one attached hydrogen (secondary N) is 2. The fourth-order valence-corrected chi connectivity index (χ4v) is 2.35. The lowest BCUT2D eigenvalue weighted by Gasteiger charge is -2.13. The summed E-state index contributed by atoms with van der Waals surface area (Å²) in [7, 11) is 5.47. The first-order valence-electron chi connectivity index (χ1n) is 8.18. The molecule has 0 atom stereocenters. The van der Waals surface area contributed by atoms with Gasteiger partial charge in [-0.05, 0) is 46.1 Å². The van der Waals surface area contributed by atoms with Crippen LogP contribution >= 0.6 is 0 Å². The summed E-state index contributed by atoms with van der Waals surface area (Å²) >= 11 is 0. The number of hydrogen-bond donors (Lipinski definition) is 2. The predicted octanol–water partition coefficient (Wildman–Crippen LogP) is 2.68. The monoisotopic (exact) mass is 343 g/mol. The molecule has 0 unspecified atom stereocenters. The normalized spacial score (nSPS) is 10.6. The summed E-state index contributed by atoms with van der Waals surface area (Å²) in [6, 6.07) is 9.00. The number of rotatable bonds is 8. The Bertz CT molecular complexity index is 718. The molecular weight excluding hydrogens is 318 g/mol. The second-order valence-corrected chi connectivity index (χ2v) is 5.93. The zero-order chi connectivity index (χ0) is 18.2. The van der Waals surface area contributed by atoms with Crippen molar-refractivity contribution < 1.29 is 9.53 Å². The van der Waals surface area contributed by atoms with E-state index >= 15 is 0 Å². The van der Waals surface area contributed by atoms with Crippen LogP contribution in [0.4, 0.5) is 17.3 Å². The molecule has 134 valence electrons. The Morgan fingerprint density at radius 2 is 1.92 bits per heavy atom. The second kappa shape index (κ2) is 8.98. The number of ether oxygens (including phenoxy) is 1. The maximum atomic E-state index is 11.9. The molecule has 0 radical (unpaired) electrons. The van der Waals surface area contributed by atoms with Gasteiger partial charge in [-0.2, -0.15) is 0 Å². The van der Waals surface area contributed by atoms with Gasteiger partial charge in [0.05, 0.1) is 18.4 Å². The summed E-state index contributed by atoms with van der Waals surface area (Å²) in [5.41, 5.74) is 1.10. The number of esters is 1. The van der Waals surface area contributed by atoms with Crippen LogP contribution in [0, 0.1) is 6.92 Å². The Balaban J connectivity index is 2.11. The molecule has 0 saturated heterocycles. The third-order valence-electron chi connectivity index (χ3n) is 3.52. The third kappa shape index (κ3) is 5.72. The van der Waals surface area contributed by atoms with E-state index in [0.717, 1.165) is 25.3 Å². The molecule has 2 rings (SSSR count). The molecule has 2 aromatic rings. The standard InChI is InChI=1S/C18H25N5O2/c1-13-20-16(19-10-7-11-23(2)3)12-17(21-13)22-15-9-6-5-8-14(15)18(24)25-4/h5-6,8-9,12H,7,10-11H2,1-4H3,(H2,19,20,21,22). The molecule has 1 aromatic carbocycles. The minimum atomic E-state index is -0.393. The summed E-state index contributed by atoms with van der Waals surface area (Å²) in [6.45, 7) is 3.67. The molecule has 25 heavy (non-hydrogen) atoms. The van der Waals surface area contributed by atoms with Gasteiger partial charge in [-0.25, -0.2) is 14.8 Å². The van der Waals surface area contributed by atoms with Gasteiger partial charge in [0.2, 0.25) is 0 Å². The number of nitrogens with zero attached hydrogens (tertiary/aromatic N) is 3. The van der Waals surface area contributed by atoms with Crippen molar-refractivity contribution in [3.63, 3.8) is 0 Å². The van der Waals surface area contributed by atoms with Crippen LogP contribution in [0.1, 0.15) is 22.6 Å². The molecule has 0 saturated carbocycles. The van der Waals surface area contributed by atoms with E-state index in [4.69, 9.17) is 4.74 Å². The SMILES string of the molecule is COC(=O)c1ccccc1Nc1cc(NCCCN(C)C)nc(C)n1. The van der Waals surface area contributed by atoms with Crippen molar-refractivity contribution in [2.45, 2.75) is 13.3 Å². The van der Waals surface area contributed by atoms with Gasteiger partial charge >= 0.3 is 5.97 Å². The minimum Gasteiger partial charge on any atom is -0.465 e. The van der Waals surface area contributed by atoms with Crippen molar-refractivity contribution in [3.8, 4) is 0 Å². The third-order valence-corrected chi connectivity index (χ3v) is 3.52. The van der Waals surface area contributed by atoms with Crippen molar-refractivity contribution in [1.29, 1.82) is 0 Å². The highest BCUT2D eigenvalue weighted by Crippen LogP contribution is 2.22. The summed E-state index contributed by atoms with van der Waals surface area (Å²) in [4.78, 5) is 22.8. The second-order valence-electron chi connectivity index (χ2n) is 5.93. The van der Waals surface area contributed by atoms with Crippen LogP contribution < -0.4 is 10.6 Å². The highest BCUT2D eigenvalue weighted by molar-refractivity contribution is 5.96. The molecular formula is C18H25N5O2. The Labute approximate surface area is 148 Å². The van der Waals surface area contributed by atoms with Gasteiger partial charge in [0.25, 0.3) is 0 Å². The first kappa shape index (κ1) is 18.7. The van der Waals surface area contributed by atoms with Crippen molar-refractivity contribution in [1.82, 2.24) is 14.9 Å². The lowest BCUT2D eigenvalue weighted by atomic mass is 10.2. The molecule has 1 aromatic heterocycles. The molecule has 7 heteroatoms. The highest BCUT2D eigenvalue weighted by atomic mass is 16.5. The lowest BCUT2D eigenvalue weighted by Crippen LogP contribution is -2.17. The van der Waals surface area contributed by atoms with Crippen LogP contribution in [0.5, 0.6) is 0 Å². The number of anilines is 3. The van der Waals surface area contributed by atoms with Gasteiger partial charge in [-0.15, -0.1) is 0 Å². The first-order valence-corrected chi connectivity index (χ1v) is 8.18. The number of methoxy groups -OCH3 is 1. The average Bonchev–Trinajstić information content (AvgIpc) is 2.58. The van der Waals surface area contributed by atoms with Crippen LogP contribution in [0.3, 0.4) is 0 Å².